The molecule has 3 heteroatoms. The molecule has 0 aromatic rings. The molecule has 0 heterocycles. The highest BCUT2D eigenvalue weighted by molar-refractivity contribution is 5.92. The summed E-state index contributed by atoms with van der Waals surface area (Å²) in [5.74, 6) is 0.194. The first kappa shape index (κ1) is 12.9. The van der Waals surface area contributed by atoms with Gasteiger partial charge in [0.25, 0.3) is 0 Å². The summed E-state index contributed by atoms with van der Waals surface area (Å²) < 4.78 is 0. The van der Waals surface area contributed by atoms with E-state index in [1.165, 1.54) is 0 Å². The van der Waals surface area contributed by atoms with Gasteiger partial charge in [0.1, 0.15) is 0 Å². The van der Waals surface area contributed by atoms with Gasteiger partial charge in [-0.2, -0.15) is 0 Å². The number of carbonyl (C=O) groups is 2. The van der Waals surface area contributed by atoms with Crippen LogP contribution in [-0.4, -0.2) is 18.2 Å². The van der Waals surface area contributed by atoms with E-state index in [4.69, 9.17) is 0 Å². The minimum Gasteiger partial charge on any atom is -0.356 e. The summed E-state index contributed by atoms with van der Waals surface area (Å²) in [5, 5.41) is 2.78. The lowest BCUT2D eigenvalue weighted by Crippen LogP contribution is -2.22. The highest BCUT2D eigenvalue weighted by Crippen LogP contribution is 1.98. The Hall–Kier alpha value is -1.12. The van der Waals surface area contributed by atoms with Crippen LogP contribution in [0.2, 0.25) is 0 Å². The Labute approximate surface area is 85.6 Å². The molecule has 0 aromatic heterocycles. The van der Waals surface area contributed by atoms with Crippen LogP contribution in [0.3, 0.4) is 0 Å². The molecule has 1 N–H and O–H groups in total. The predicted octanol–water partition coefficient (Wildman–Crippen LogP) is 1.83. The Balaban J connectivity index is 3.51. The summed E-state index contributed by atoms with van der Waals surface area (Å²) in [6, 6.07) is 0. The van der Waals surface area contributed by atoms with Crippen molar-refractivity contribution < 1.29 is 9.59 Å². The second-order valence-electron chi connectivity index (χ2n) is 3.29. The SMILES string of the molecule is CCC(=O)NCCC/C=C(\C)C(C)=O. The standard InChI is InChI=1S/C11H19NO2/c1-4-11(14)12-8-6-5-7-9(2)10(3)13/h7H,4-6,8H2,1-3H3,(H,12,14)/b9-7+. The van der Waals surface area contributed by atoms with Gasteiger partial charge in [-0.25, -0.2) is 0 Å². The normalized spacial score (nSPS) is 11.2. The zero-order chi connectivity index (χ0) is 11.0. The molecule has 0 rings (SSSR count). The monoisotopic (exact) mass is 197 g/mol. The predicted molar refractivity (Wildman–Crippen MR) is 57.0 cm³/mol. The summed E-state index contributed by atoms with van der Waals surface area (Å²) in [6.07, 6.45) is 4.18. The fraction of sp³-hybridized carbons (Fsp3) is 0.636. The van der Waals surface area contributed by atoms with E-state index in [2.05, 4.69) is 5.32 Å². The second-order valence-corrected chi connectivity index (χ2v) is 3.29. The molecule has 0 unspecified atom stereocenters. The molecule has 0 aromatic carbocycles. The minimum atomic E-state index is 0.0808. The number of ketones is 1. The van der Waals surface area contributed by atoms with Crippen molar-refractivity contribution in [3.05, 3.63) is 11.6 Å². The highest BCUT2D eigenvalue weighted by atomic mass is 16.1. The molecule has 0 aliphatic heterocycles. The first-order valence-electron chi connectivity index (χ1n) is 5.02. The maximum atomic E-state index is 10.8. The molecule has 80 valence electrons. The Kier molecular flexibility index (Phi) is 6.72. The van der Waals surface area contributed by atoms with Crippen molar-refractivity contribution in [3.8, 4) is 0 Å². The van der Waals surface area contributed by atoms with Crippen LogP contribution < -0.4 is 5.32 Å². The summed E-state index contributed by atoms with van der Waals surface area (Å²) >= 11 is 0. The fourth-order valence-corrected chi connectivity index (χ4v) is 0.917. The lowest BCUT2D eigenvalue weighted by atomic mass is 10.1. The van der Waals surface area contributed by atoms with Gasteiger partial charge in [-0.1, -0.05) is 13.0 Å². The van der Waals surface area contributed by atoms with Crippen LogP contribution >= 0.6 is 0 Å². The number of amides is 1. The van der Waals surface area contributed by atoms with E-state index in [9.17, 15) is 9.59 Å². The van der Waals surface area contributed by atoms with Crippen LogP contribution in [0.25, 0.3) is 0 Å². The van der Waals surface area contributed by atoms with Gasteiger partial charge in [-0.3, -0.25) is 9.59 Å². The minimum absolute atomic E-state index is 0.0808. The molecule has 0 bridgehead atoms. The van der Waals surface area contributed by atoms with Crippen LogP contribution in [0.1, 0.15) is 40.0 Å². The number of carbonyl (C=O) groups excluding carboxylic acids is 2. The van der Waals surface area contributed by atoms with Crippen molar-refractivity contribution in [1.82, 2.24) is 5.32 Å². The Morgan fingerprint density at radius 1 is 1.29 bits per heavy atom. The summed E-state index contributed by atoms with van der Waals surface area (Å²) in [5.41, 5.74) is 0.798. The van der Waals surface area contributed by atoms with Gasteiger partial charge in [-0.15, -0.1) is 0 Å². The van der Waals surface area contributed by atoms with E-state index in [0.29, 0.717) is 13.0 Å². The zero-order valence-corrected chi connectivity index (χ0v) is 9.22. The van der Waals surface area contributed by atoms with E-state index in [1.54, 1.807) is 6.92 Å². The van der Waals surface area contributed by atoms with E-state index >= 15 is 0 Å². The molecule has 0 aliphatic carbocycles. The number of rotatable bonds is 6. The molecule has 0 saturated heterocycles. The molecule has 0 radical (unpaired) electrons. The third kappa shape index (κ3) is 6.40. The molecule has 14 heavy (non-hydrogen) atoms. The molecule has 1 amide bonds. The highest BCUT2D eigenvalue weighted by Gasteiger charge is 1.96. The average molecular weight is 197 g/mol. The third-order valence-corrected chi connectivity index (χ3v) is 2.03. The average Bonchev–Trinajstić information content (AvgIpc) is 2.16. The molecular weight excluding hydrogens is 178 g/mol. The first-order chi connectivity index (χ1) is 6.57. The van der Waals surface area contributed by atoms with E-state index < -0.39 is 0 Å². The maximum absolute atomic E-state index is 10.8. The summed E-state index contributed by atoms with van der Waals surface area (Å²) in [6.45, 7) is 5.89. The topological polar surface area (TPSA) is 46.2 Å². The van der Waals surface area contributed by atoms with Gasteiger partial charge in [0, 0.05) is 13.0 Å². The summed E-state index contributed by atoms with van der Waals surface area (Å²) in [7, 11) is 0. The van der Waals surface area contributed by atoms with Crippen molar-refractivity contribution in [1.29, 1.82) is 0 Å². The van der Waals surface area contributed by atoms with Crippen molar-refractivity contribution in [2.75, 3.05) is 6.54 Å². The lowest BCUT2D eigenvalue weighted by molar-refractivity contribution is -0.120. The molecule has 0 aliphatic rings. The van der Waals surface area contributed by atoms with Crippen molar-refractivity contribution >= 4 is 11.7 Å². The van der Waals surface area contributed by atoms with Crippen LogP contribution in [0.15, 0.2) is 11.6 Å². The smallest absolute Gasteiger partial charge is 0.219 e. The van der Waals surface area contributed by atoms with Gasteiger partial charge >= 0.3 is 0 Å². The number of hydrogen-bond acceptors (Lipinski definition) is 2. The van der Waals surface area contributed by atoms with Crippen molar-refractivity contribution in [3.63, 3.8) is 0 Å². The first-order valence-corrected chi connectivity index (χ1v) is 5.02. The maximum Gasteiger partial charge on any atom is 0.219 e. The largest absolute Gasteiger partial charge is 0.356 e. The molecule has 0 spiro atoms. The number of Topliss-reactive ketones (excluding diaryl/α,β-unsaturated/α-hetero) is 1. The van der Waals surface area contributed by atoms with E-state index in [1.807, 2.05) is 19.9 Å². The van der Waals surface area contributed by atoms with Gasteiger partial charge in [-0.05, 0) is 32.3 Å². The quantitative estimate of drug-likeness (QED) is 0.521. The second kappa shape index (κ2) is 7.30. The van der Waals surface area contributed by atoms with Crippen molar-refractivity contribution in [2.24, 2.45) is 0 Å². The lowest BCUT2D eigenvalue weighted by Gasteiger charge is -2.01. The molecule has 0 saturated carbocycles. The number of hydrogen-bond donors (Lipinski definition) is 1. The molecule has 0 atom stereocenters. The molecular formula is C11H19NO2. The van der Waals surface area contributed by atoms with Crippen LogP contribution in [0.4, 0.5) is 0 Å². The number of allylic oxidation sites excluding steroid dienone is 2. The van der Waals surface area contributed by atoms with Crippen LogP contribution in [0, 0.1) is 0 Å². The fourth-order valence-electron chi connectivity index (χ4n) is 0.917. The van der Waals surface area contributed by atoms with Gasteiger partial charge in [0.2, 0.25) is 5.91 Å². The van der Waals surface area contributed by atoms with Crippen LogP contribution in [-0.2, 0) is 9.59 Å². The van der Waals surface area contributed by atoms with Gasteiger partial charge in [0.05, 0.1) is 0 Å². The van der Waals surface area contributed by atoms with E-state index in [0.717, 1.165) is 18.4 Å². The summed E-state index contributed by atoms with van der Waals surface area (Å²) in [4.78, 5) is 21.7. The number of unbranched alkanes of at least 4 members (excludes halogenated alkanes) is 1. The van der Waals surface area contributed by atoms with Gasteiger partial charge in [0.15, 0.2) is 5.78 Å². The number of nitrogens with one attached hydrogen (secondary N) is 1. The van der Waals surface area contributed by atoms with Crippen molar-refractivity contribution in [2.45, 2.75) is 40.0 Å². The third-order valence-electron chi connectivity index (χ3n) is 2.03. The Morgan fingerprint density at radius 2 is 1.93 bits per heavy atom. The zero-order valence-electron chi connectivity index (χ0n) is 9.22. The van der Waals surface area contributed by atoms with E-state index in [-0.39, 0.29) is 11.7 Å². The molecule has 3 nitrogen and oxygen atoms in total. The Bertz CT molecular complexity index is 231. The Morgan fingerprint density at radius 3 is 2.43 bits per heavy atom. The van der Waals surface area contributed by atoms with Crippen LogP contribution in [0.5, 0.6) is 0 Å². The van der Waals surface area contributed by atoms with Gasteiger partial charge < -0.3 is 5.32 Å². The molecule has 0 fully saturated rings.